The van der Waals surface area contributed by atoms with E-state index in [2.05, 4.69) is 0 Å². The summed E-state index contributed by atoms with van der Waals surface area (Å²) in [6.45, 7) is 2.40. The molecule has 0 aliphatic heterocycles. The normalized spacial score (nSPS) is 10.2. The summed E-state index contributed by atoms with van der Waals surface area (Å²) in [5.74, 6) is 0.741. The third kappa shape index (κ3) is 2.11. The Bertz CT molecular complexity index is 267. The van der Waals surface area contributed by atoms with Gasteiger partial charge in [0.15, 0.2) is 5.78 Å². The molecular weight excluding hydrogens is 174 g/mol. The Labute approximate surface area is 77.1 Å². The van der Waals surface area contributed by atoms with E-state index in [-0.39, 0.29) is 5.78 Å². The molecule has 0 fully saturated rings. The van der Waals surface area contributed by atoms with E-state index in [1.807, 2.05) is 22.9 Å². The van der Waals surface area contributed by atoms with Crippen LogP contribution >= 0.6 is 11.6 Å². The van der Waals surface area contributed by atoms with Gasteiger partial charge < -0.3 is 4.57 Å². The molecule has 1 aromatic heterocycles. The van der Waals surface area contributed by atoms with Crippen LogP contribution in [0.15, 0.2) is 18.3 Å². The predicted octanol–water partition coefficient (Wildman–Crippen LogP) is 2.32. The van der Waals surface area contributed by atoms with Crippen LogP contribution in [0.1, 0.15) is 23.8 Å². The summed E-state index contributed by atoms with van der Waals surface area (Å²) in [5.41, 5.74) is 0.764. The Balaban J connectivity index is 2.70. The van der Waals surface area contributed by atoms with Gasteiger partial charge in [0, 0.05) is 25.5 Å². The van der Waals surface area contributed by atoms with Crippen molar-refractivity contribution in [2.24, 2.45) is 0 Å². The number of hydrogen-bond acceptors (Lipinski definition) is 1. The van der Waals surface area contributed by atoms with Crippen molar-refractivity contribution < 1.29 is 4.79 Å². The van der Waals surface area contributed by atoms with Crippen molar-refractivity contribution in [2.75, 3.05) is 5.88 Å². The van der Waals surface area contributed by atoms with Crippen molar-refractivity contribution in [1.29, 1.82) is 0 Å². The monoisotopic (exact) mass is 185 g/mol. The zero-order valence-electron chi connectivity index (χ0n) is 7.09. The summed E-state index contributed by atoms with van der Waals surface area (Å²) >= 11 is 5.55. The molecule has 0 spiro atoms. The van der Waals surface area contributed by atoms with Crippen LogP contribution in [0.2, 0.25) is 0 Å². The van der Waals surface area contributed by atoms with Crippen molar-refractivity contribution >= 4 is 17.4 Å². The second-order valence-corrected chi connectivity index (χ2v) is 3.06. The average Bonchev–Trinajstić information content (AvgIpc) is 2.48. The Kier molecular flexibility index (Phi) is 3.35. The number of aromatic nitrogens is 1. The van der Waals surface area contributed by atoms with E-state index in [0.29, 0.717) is 5.88 Å². The molecule has 0 unspecified atom stereocenters. The minimum atomic E-state index is 0.106. The third-order valence-corrected chi connectivity index (χ3v) is 1.99. The van der Waals surface area contributed by atoms with E-state index in [1.54, 1.807) is 6.92 Å². The molecule has 0 atom stereocenters. The number of rotatable bonds is 4. The molecular formula is C9H12ClNO. The Hall–Kier alpha value is -0.760. The van der Waals surface area contributed by atoms with E-state index in [4.69, 9.17) is 11.6 Å². The van der Waals surface area contributed by atoms with Gasteiger partial charge in [0.25, 0.3) is 0 Å². The van der Waals surface area contributed by atoms with Crippen LogP contribution < -0.4 is 0 Å². The molecule has 2 nitrogen and oxygen atoms in total. The molecule has 0 saturated heterocycles. The highest BCUT2D eigenvalue weighted by molar-refractivity contribution is 6.17. The van der Waals surface area contributed by atoms with E-state index in [0.717, 1.165) is 18.7 Å². The molecule has 0 amide bonds. The van der Waals surface area contributed by atoms with Crippen molar-refractivity contribution in [2.45, 2.75) is 19.9 Å². The predicted molar refractivity (Wildman–Crippen MR) is 49.8 cm³/mol. The molecule has 1 heterocycles. The van der Waals surface area contributed by atoms with E-state index in [9.17, 15) is 4.79 Å². The average molecular weight is 186 g/mol. The van der Waals surface area contributed by atoms with Crippen LogP contribution in [-0.4, -0.2) is 16.2 Å². The topological polar surface area (TPSA) is 22.0 Å². The molecule has 0 N–H and O–H groups in total. The highest BCUT2D eigenvalue weighted by Gasteiger charge is 2.03. The first-order valence-corrected chi connectivity index (χ1v) is 4.51. The number of ketones is 1. The lowest BCUT2D eigenvalue weighted by Gasteiger charge is -2.04. The quantitative estimate of drug-likeness (QED) is 0.521. The van der Waals surface area contributed by atoms with Crippen molar-refractivity contribution in [3.8, 4) is 0 Å². The van der Waals surface area contributed by atoms with Crippen molar-refractivity contribution in [3.63, 3.8) is 0 Å². The maximum atomic E-state index is 11.0. The number of nitrogens with zero attached hydrogens (tertiary/aromatic N) is 1. The maximum Gasteiger partial charge on any atom is 0.176 e. The molecule has 0 aliphatic carbocycles. The molecule has 66 valence electrons. The van der Waals surface area contributed by atoms with Gasteiger partial charge in [-0.25, -0.2) is 0 Å². The summed E-state index contributed by atoms with van der Waals surface area (Å²) in [6.07, 6.45) is 2.81. The van der Waals surface area contributed by atoms with Gasteiger partial charge >= 0.3 is 0 Å². The number of Topliss-reactive ketones (excluding diaryl/α,β-unsaturated/α-hetero) is 1. The van der Waals surface area contributed by atoms with Crippen LogP contribution in [0.3, 0.4) is 0 Å². The first-order valence-electron chi connectivity index (χ1n) is 3.97. The number of hydrogen-bond donors (Lipinski definition) is 0. The fourth-order valence-corrected chi connectivity index (χ4v) is 1.28. The molecule has 0 aromatic carbocycles. The summed E-state index contributed by atoms with van der Waals surface area (Å²) < 4.78 is 1.94. The fourth-order valence-electron chi connectivity index (χ4n) is 1.16. The maximum absolute atomic E-state index is 11.0. The Morgan fingerprint density at radius 2 is 2.42 bits per heavy atom. The van der Waals surface area contributed by atoms with Gasteiger partial charge in [-0.1, -0.05) is 0 Å². The van der Waals surface area contributed by atoms with Gasteiger partial charge in [0.1, 0.15) is 0 Å². The molecule has 12 heavy (non-hydrogen) atoms. The fraction of sp³-hybridized carbons (Fsp3) is 0.444. The molecule has 0 bridgehead atoms. The lowest BCUT2D eigenvalue weighted by Crippen LogP contribution is -2.05. The molecule has 0 aliphatic rings. The Morgan fingerprint density at radius 3 is 3.00 bits per heavy atom. The lowest BCUT2D eigenvalue weighted by atomic mass is 10.3. The summed E-state index contributed by atoms with van der Waals surface area (Å²) in [7, 11) is 0. The zero-order chi connectivity index (χ0) is 8.97. The van der Waals surface area contributed by atoms with Crippen molar-refractivity contribution in [1.82, 2.24) is 4.57 Å². The van der Waals surface area contributed by atoms with Crippen LogP contribution in [0.25, 0.3) is 0 Å². The van der Waals surface area contributed by atoms with Crippen LogP contribution in [0.4, 0.5) is 0 Å². The van der Waals surface area contributed by atoms with Crippen LogP contribution in [-0.2, 0) is 6.54 Å². The smallest absolute Gasteiger partial charge is 0.176 e. The lowest BCUT2D eigenvalue weighted by molar-refractivity contribution is 0.100. The van der Waals surface area contributed by atoms with E-state index in [1.165, 1.54) is 0 Å². The summed E-state index contributed by atoms with van der Waals surface area (Å²) in [6, 6.07) is 3.71. The molecule has 0 radical (unpaired) electrons. The van der Waals surface area contributed by atoms with Gasteiger partial charge in [-0.3, -0.25) is 4.79 Å². The highest BCUT2D eigenvalue weighted by Crippen LogP contribution is 2.04. The summed E-state index contributed by atoms with van der Waals surface area (Å²) in [5, 5.41) is 0. The minimum absolute atomic E-state index is 0.106. The molecule has 1 rings (SSSR count). The standard InChI is InChI=1S/C9H12ClNO/c1-8(12)9-4-2-6-11(9)7-3-5-10/h2,4,6H,3,5,7H2,1H3. The van der Waals surface area contributed by atoms with Gasteiger partial charge in [-0.05, 0) is 18.6 Å². The van der Waals surface area contributed by atoms with Crippen LogP contribution in [0, 0.1) is 0 Å². The minimum Gasteiger partial charge on any atom is -0.345 e. The van der Waals surface area contributed by atoms with E-state index >= 15 is 0 Å². The van der Waals surface area contributed by atoms with Crippen LogP contribution in [0.5, 0.6) is 0 Å². The van der Waals surface area contributed by atoms with Gasteiger partial charge in [0.05, 0.1) is 5.69 Å². The molecule has 3 heteroatoms. The SMILES string of the molecule is CC(=O)c1cccn1CCCCl. The molecule has 0 saturated carbocycles. The first kappa shape index (κ1) is 9.33. The number of aryl methyl sites for hydroxylation is 1. The number of carbonyl (C=O) groups is 1. The van der Waals surface area contributed by atoms with E-state index < -0.39 is 0 Å². The van der Waals surface area contributed by atoms with Crippen molar-refractivity contribution in [3.05, 3.63) is 24.0 Å². The van der Waals surface area contributed by atoms with Gasteiger partial charge in [-0.15, -0.1) is 11.6 Å². The Morgan fingerprint density at radius 1 is 1.67 bits per heavy atom. The largest absolute Gasteiger partial charge is 0.345 e. The second-order valence-electron chi connectivity index (χ2n) is 2.69. The number of carbonyl (C=O) groups excluding carboxylic acids is 1. The van der Waals surface area contributed by atoms with Gasteiger partial charge in [-0.2, -0.15) is 0 Å². The highest BCUT2D eigenvalue weighted by atomic mass is 35.5. The molecule has 1 aromatic rings. The number of halogens is 1. The van der Waals surface area contributed by atoms with Gasteiger partial charge in [0.2, 0.25) is 0 Å². The second kappa shape index (κ2) is 4.31. The summed E-state index contributed by atoms with van der Waals surface area (Å²) in [4.78, 5) is 11.0. The number of alkyl halides is 1. The zero-order valence-corrected chi connectivity index (χ0v) is 7.84. The first-order chi connectivity index (χ1) is 5.75. The third-order valence-electron chi connectivity index (χ3n) is 1.72.